The SMILES string of the molecule is CCCN(CCC)C(=O)Cn1c(=O)n(CC(=O)NC2CCCC2)c(=O)c2oc3ccccc3c21. The first-order valence-corrected chi connectivity index (χ1v) is 12.2. The molecule has 1 saturated carbocycles. The molecule has 0 bridgehead atoms. The molecular weight excluding hydrogens is 436 g/mol. The van der Waals surface area contributed by atoms with Gasteiger partial charge in [0.15, 0.2) is 0 Å². The quantitative estimate of drug-likeness (QED) is 0.520. The monoisotopic (exact) mass is 468 g/mol. The van der Waals surface area contributed by atoms with Gasteiger partial charge in [-0.15, -0.1) is 0 Å². The van der Waals surface area contributed by atoms with Crippen LogP contribution >= 0.6 is 0 Å². The summed E-state index contributed by atoms with van der Waals surface area (Å²) in [6.45, 7) is 4.51. The number of rotatable bonds is 9. The molecule has 1 fully saturated rings. The molecule has 1 aromatic carbocycles. The fourth-order valence-electron chi connectivity index (χ4n) is 4.81. The Morgan fingerprint density at radius 1 is 1.03 bits per heavy atom. The number of amides is 2. The smallest absolute Gasteiger partial charge is 0.332 e. The van der Waals surface area contributed by atoms with Crippen molar-refractivity contribution in [2.24, 2.45) is 0 Å². The number of hydrogen-bond acceptors (Lipinski definition) is 5. The Labute approximate surface area is 197 Å². The first-order valence-electron chi connectivity index (χ1n) is 12.2. The minimum absolute atomic E-state index is 0.0280. The lowest BCUT2D eigenvalue weighted by molar-refractivity contribution is -0.132. The van der Waals surface area contributed by atoms with E-state index in [-0.39, 0.29) is 24.1 Å². The summed E-state index contributed by atoms with van der Waals surface area (Å²) in [6, 6.07) is 7.10. The Kier molecular flexibility index (Phi) is 7.19. The van der Waals surface area contributed by atoms with E-state index in [0.717, 1.165) is 43.1 Å². The van der Waals surface area contributed by atoms with E-state index in [9.17, 15) is 19.2 Å². The molecule has 1 aliphatic rings. The Morgan fingerprint density at radius 2 is 1.71 bits per heavy atom. The van der Waals surface area contributed by atoms with E-state index >= 15 is 0 Å². The van der Waals surface area contributed by atoms with E-state index in [1.807, 2.05) is 13.8 Å². The van der Waals surface area contributed by atoms with Crippen molar-refractivity contribution >= 4 is 33.9 Å². The molecule has 2 heterocycles. The number of carbonyl (C=O) groups is 2. The predicted octanol–water partition coefficient (Wildman–Crippen LogP) is 2.62. The van der Waals surface area contributed by atoms with Gasteiger partial charge in [0.2, 0.25) is 17.4 Å². The zero-order valence-corrected chi connectivity index (χ0v) is 19.8. The fourth-order valence-corrected chi connectivity index (χ4v) is 4.81. The molecule has 1 aliphatic carbocycles. The van der Waals surface area contributed by atoms with Gasteiger partial charge < -0.3 is 14.6 Å². The third-order valence-electron chi connectivity index (χ3n) is 6.40. The van der Waals surface area contributed by atoms with Crippen LogP contribution in [0.15, 0.2) is 38.3 Å². The molecule has 9 heteroatoms. The van der Waals surface area contributed by atoms with Crippen LogP contribution in [0.2, 0.25) is 0 Å². The van der Waals surface area contributed by atoms with Crippen molar-refractivity contribution in [2.75, 3.05) is 13.1 Å². The molecule has 4 rings (SSSR count). The fraction of sp³-hybridized carbons (Fsp3) is 0.520. The molecule has 3 aromatic rings. The zero-order valence-electron chi connectivity index (χ0n) is 19.8. The maximum absolute atomic E-state index is 13.5. The third-order valence-corrected chi connectivity index (χ3v) is 6.40. The summed E-state index contributed by atoms with van der Waals surface area (Å²) in [4.78, 5) is 54.3. The van der Waals surface area contributed by atoms with E-state index in [1.54, 1.807) is 29.2 Å². The summed E-state index contributed by atoms with van der Waals surface area (Å²) in [6.07, 6.45) is 5.49. The molecule has 2 aromatic heterocycles. The highest BCUT2D eigenvalue weighted by Crippen LogP contribution is 2.25. The molecule has 9 nitrogen and oxygen atoms in total. The Balaban J connectivity index is 1.80. The highest BCUT2D eigenvalue weighted by Gasteiger charge is 2.24. The largest absolute Gasteiger partial charge is 0.449 e. The lowest BCUT2D eigenvalue weighted by Gasteiger charge is -2.22. The standard InChI is InChI=1S/C25H32N4O5/c1-3-13-27(14-4-2)21(31)16-28-22-18-11-7-8-12-19(18)34-23(22)24(32)29(25(28)33)15-20(30)26-17-9-5-6-10-17/h7-8,11-12,17H,3-6,9-10,13-16H2,1-2H3,(H,26,30). The van der Waals surface area contributed by atoms with Crippen LogP contribution in [0.1, 0.15) is 52.4 Å². The van der Waals surface area contributed by atoms with Crippen molar-refractivity contribution in [3.05, 3.63) is 45.1 Å². The number of carbonyl (C=O) groups excluding carboxylic acids is 2. The van der Waals surface area contributed by atoms with Crippen molar-refractivity contribution in [3.63, 3.8) is 0 Å². The third kappa shape index (κ3) is 4.64. The molecule has 182 valence electrons. The highest BCUT2D eigenvalue weighted by atomic mass is 16.3. The predicted molar refractivity (Wildman–Crippen MR) is 130 cm³/mol. The van der Waals surface area contributed by atoms with Gasteiger partial charge in [-0.2, -0.15) is 0 Å². The zero-order chi connectivity index (χ0) is 24.2. The van der Waals surface area contributed by atoms with Crippen molar-refractivity contribution in [2.45, 2.75) is 71.5 Å². The minimum atomic E-state index is -0.688. The van der Waals surface area contributed by atoms with E-state index in [0.29, 0.717) is 29.6 Å². The number of furan rings is 1. The van der Waals surface area contributed by atoms with Gasteiger partial charge in [0.05, 0.1) is 0 Å². The first-order chi connectivity index (χ1) is 16.4. The topological polar surface area (TPSA) is 107 Å². The number of fused-ring (bicyclic) bond motifs is 3. The van der Waals surface area contributed by atoms with E-state index < -0.39 is 23.7 Å². The normalized spacial score (nSPS) is 14.2. The summed E-state index contributed by atoms with van der Waals surface area (Å²) in [7, 11) is 0. The van der Waals surface area contributed by atoms with Crippen LogP contribution < -0.4 is 16.6 Å². The van der Waals surface area contributed by atoms with Gasteiger partial charge in [-0.05, 0) is 37.8 Å². The van der Waals surface area contributed by atoms with Crippen LogP contribution in [0, 0.1) is 0 Å². The molecule has 2 amide bonds. The van der Waals surface area contributed by atoms with Gasteiger partial charge in [0, 0.05) is 24.5 Å². The van der Waals surface area contributed by atoms with Gasteiger partial charge in [0.1, 0.15) is 24.2 Å². The number of benzene rings is 1. The van der Waals surface area contributed by atoms with Gasteiger partial charge in [-0.25, -0.2) is 9.36 Å². The minimum Gasteiger partial charge on any atom is -0.449 e. The van der Waals surface area contributed by atoms with E-state index in [2.05, 4.69) is 5.32 Å². The van der Waals surface area contributed by atoms with E-state index in [1.165, 1.54) is 4.57 Å². The summed E-state index contributed by atoms with van der Waals surface area (Å²) in [5.41, 5.74) is -0.645. The summed E-state index contributed by atoms with van der Waals surface area (Å²) >= 11 is 0. The Morgan fingerprint density at radius 3 is 2.38 bits per heavy atom. The second kappa shape index (κ2) is 10.3. The highest BCUT2D eigenvalue weighted by molar-refractivity contribution is 6.02. The molecule has 0 spiro atoms. The molecular formula is C25H32N4O5. The van der Waals surface area contributed by atoms with Crippen LogP contribution in [0.25, 0.3) is 22.1 Å². The molecule has 1 N–H and O–H groups in total. The second-order valence-electron chi connectivity index (χ2n) is 8.97. The van der Waals surface area contributed by atoms with Crippen molar-refractivity contribution < 1.29 is 14.0 Å². The number of nitrogens with zero attached hydrogens (tertiary/aromatic N) is 3. The van der Waals surface area contributed by atoms with Crippen molar-refractivity contribution in [3.8, 4) is 0 Å². The van der Waals surface area contributed by atoms with Crippen LogP contribution in [0.5, 0.6) is 0 Å². The van der Waals surface area contributed by atoms with Crippen LogP contribution in [-0.2, 0) is 22.7 Å². The molecule has 0 unspecified atom stereocenters. The average molecular weight is 469 g/mol. The van der Waals surface area contributed by atoms with E-state index in [4.69, 9.17) is 4.42 Å². The molecule has 0 radical (unpaired) electrons. The van der Waals surface area contributed by atoms with Gasteiger partial charge in [-0.1, -0.05) is 38.8 Å². The lowest BCUT2D eigenvalue weighted by Crippen LogP contribution is -2.46. The summed E-state index contributed by atoms with van der Waals surface area (Å²) < 4.78 is 7.99. The van der Waals surface area contributed by atoms with Crippen molar-refractivity contribution in [1.82, 2.24) is 19.4 Å². The molecule has 34 heavy (non-hydrogen) atoms. The molecule has 0 aliphatic heterocycles. The first kappa shape index (κ1) is 23.8. The summed E-state index contributed by atoms with van der Waals surface area (Å²) in [5.74, 6) is -0.601. The molecule has 0 atom stereocenters. The maximum Gasteiger partial charge on any atom is 0.332 e. The lowest BCUT2D eigenvalue weighted by atomic mass is 10.2. The number of hydrogen-bond donors (Lipinski definition) is 1. The average Bonchev–Trinajstić information content (AvgIpc) is 3.47. The van der Waals surface area contributed by atoms with Crippen LogP contribution in [0.3, 0.4) is 0 Å². The van der Waals surface area contributed by atoms with Crippen LogP contribution in [0.4, 0.5) is 0 Å². The van der Waals surface area contributed by atoms with Crippen molar-refractivity contribution in [1.29, 1.82) is 0 Å². The molecule has 0 saturated heterocycles. The second-order valence-corrected chi connectivity index (χ2v) is 8.97. The number of para-hydroxylation sites is 1. The van der Waals surface area contributed by atoms with Gasteiger partial charge >= 0.3 is 5.69 Å². The van der Waals surface area contributed by atoms with Gasteiger partial charge in [-0.3, -0.25) is 19.0 Å². The maximum atomic E-state index is 13.5. The summed E-state index contributed by atoms with van der Waals surface area (Å²) in [5, 5.41) is 3.50. The Hall–Kier alpha value is -3.36. The number of aromatic nitrogens is 2. The Bertz CT molecular complexity index is 1310. The number of nitrogens with one attached hydrogen (secondary N) is 1. The van der Waals surface area contributed by atoms with Gasteiger partial charge in [0.25, 0.3) is 5.56 Å². The van der Waals surface area contributed by atoms with Crippen LogP contribution in [-0.4, -0.2) is 45.0 Å².